The molecule has 2 amide bonds. The van der Waals surface area contributed by atoms with Gasteiger partial charge in [0.25, 0.3) is 17.0 Å². The number of rotatable bonds is 11. The van der Waals surface area contributed by atoms with Crippen LogP contribution >= 0.6 is 11.8 Å². The number of nitrogens with one attached hydrogen (secondary N) is 2. The standard InChI is InChI=1S/C25H34N4O4S/c1-4-5-14-19(20(30)22-28-29-24(33-22)34-17(2)3)26-23(32)25(15-10-7-11-16-25)27-21(31)18-12-8-6-9-13-18/h6,8-9,12-13,17,19H,4-5,7,10-11,14-16H2,1-3H3,(H,26,32)(H,27,31)/t19-/m0/s1. The predicted octanol–water partition coefficient (Wildman–Crippen LogP) is 4.56. The molecule has 2 aromatic rings. The third-order valence-electron chi connectivity index (χ3n) is 5.95. The lowest BCUT2D eigenvalue weighted by molar-refractivity contribution is -0.129. The van der Waals surface area contributed by atoms with E-state index in [0.29, 0.717) is 30.0 Å². The van der Waals surface area contributed by atoms with E-state index in [4.69, 9.17) is 4.42 Å². The number of nitrogens with zero attached hydrogens (tertiary/aromatic N) is 2. The molecule has 0 unspecified atom stereocenters. The lowest BCUT2D eigenvalue weighted by Crippen LogP contribution is -2.62. The summed E-state index contributed by atoms with van der Waals surface area (Å²) in [7, 11) is 0. The second-order valence-corrected chi connectivity index (χ2v) is 10.6. The van der Waals surface area contributed by atoms with Crippen molar-refractivity contribution >= 4 is 29.4 Å². The van der Waals surface area contributed by atoms with Crippen LogP contribution in [0.1, 0.15) is 93.2 Å². The second-order valence-electron chi connectivity index (χ2n) is 9.04. The molecule has 9 heteroatoms. The smallest absolute Gasteiger partial charge is 0.286 e. The molecule has 1 saturated carbocycles. The van der Waals surface area contributed by atoms with E-state index >= 15 is 0 Å². The number of thioether (sulfide) groups is 1. The minimum Gasteiger partial charge on any atom is -0.408 e. The van der Waals surface area contributed by atoms with Gasteiger partial charge >= 0.3 is 0 Å². The zero-order chi connectivity index (χ0) is 24.6. The molecule has 0 saturated heterocycles. The number of aromatic nitrogens is 2. The Morgan fingerprint density at radius 1 is 1.09 bits per heavy atom. The number of unbranched alkanes of at least 4 members (excludes halogenated alkanes) is 1. The molecule has 3 rings (SSSR count). The van der Waals surface area contributed by atoms with E-state index in [1.807, 2.05) is 26.8 Å². The van der Waals surface area contributed by atoms with Crippen molar-refractivity contribution < 1.29 is 18.8 Å². The molecule has 1 heterocycles. The first-order valence-corrected chi connectivity index (χ1v) is 13.0. The van der Waals surface area contributed by atoms with E-state index in [-0.39, 0.29) is 23.0 Å². The highest BCUT2D eigenvalue weighted by Gasteiger charge is 2.42. The van der Waals surface area contributed by atoms with Crippen molar-refractivity contribution in [2.75, 3.05) is 0 Å². The summed E-state index contributed by atoms with van der Waals surface area (Å²) in [5, 5.41) is 14.4. The summed E-state index contributed by atoms with van der Waals surface area (Å²) < 4.78 is 5.56. The SMILES string of the molecule is CCCC[C@H](NC(=O)C1(NC(=O)c2ccccc2)CCCCC1)C(=O)c1nnc(SC(C)C)o1. The van der Waals surface area contributed by atoms with E-state index in [0.717, 1.165) is 32.1 Å². The third kappa shape index (κ3) is 6.68. The van der Waals surface area contributed by atoms with Crippen molar-refractivity contribution in [1.29, 1.82) is 0 Å². The molecule has 0 radical (unpaired) electrons. The number of Topliss-reactive ketones (excluding diaryl/α,β-unsaturated/α-hetero) is 1. The average molecular weight is 487 g/mol. The van der Waals surface area contributed by atoms with Crippen LogP contribution in [0.15, 0.2) is 40.0 Å². The molecule has 0 bridgehead atoms. The van der Waals surface area contributed by atoms with Gasteiger partial charge in [-0.25, -0.2) is 0 Å². The van der Waals surface area contributed by atoms with Gasteiger partial charge in [-0.1, -0.05) is 82.8 Å². The molecule has 1 aliphatic carbocycles. The molecule has 2 N–H and O–H groups in total. The number of carbonyl (C=O) groups excluding carboxylic acids is 3. The zero-order valence-corrected chi connectivity index (χ0v) is 21.0. The Morgan fingerprint density at radius 2 is 1.79 bits per heavy atom. The fourth-order valence-electron chi connectivity index (χ4n) is 4.12. The first-order valence-electron chi connectivity index (χ1n) is 12.1. The van der Waals surface area contributed by atoms with E-state index in [9.17, 15) is 14.4 Å². The first kappa shape index (κ1) is 25.9. The van der Waals surface area contributed by atoms with Gasteiger partial charge in [0.15, 0.2) is 0 Å². The molecule has 1 atom stereocenters. The minimum atomic E-state index is -1.05. The van der Waals surface area contributed by atoms with Crippen molar-refractivity contribution in [3.63, 3.8) is 0 Å². The highest BCUT2D eigenvalue weighted by Crippen LogP contribution is 2.30. The summed E-state index contributed by atoms with van der Waals surface area (Å²) >= 11 is 1.38. The predicted molar refractivity (Wildman–Crippen MR) is 131 cm³/mol. The topological polar surface area (TPSA) is 114 Å². The van der Waals surface area contributed by atoms with Crippen molar-refractivity contribution in [3.8, 4) is 0 Å². The van der Waals surface area contributed by atoms with Crippen LogP contribution < -0.4 is 10.6 Å². The van der Waals surface area contributed by atoms with Gasteiger partial charge in [0.1, 0.15) is 5.54 Å². The molecular weight excluding hydrogens is 452 g/mol. The lowest BCUT2D eigenvalue weighted by Gasteiger charge is -2.37. The summed E-state index contributed by atoms with van der Waals surface area (Å²) in [5.74, 6) is -1.12. The van der Waals surface area contributed by atoms with Crippen LogP contribution in [-0.4, -0.2) is 44.6 Å². The van der Waals surface area contributed by atoms with Gasteiger partial charge in [-0.05, 0) is 31.4 Å². The summed E-state index contributed by atoms with van der Waals surface area (Å²) in [6.45, 7) is 6.01. The molecule has 1 aliphatic rings. The number of benzene rings is 1. The van der Waals surface area contributed by atoms with Crippen LogP contribution in [-0.2, 0) is 4.79 Å². The van der Waals surface area contributed by atoms with E-state index in [1.165, 1.54) is 11.8 Å². The van der Waals surface area contributed by atoms with Crippen molar-refractivity contribution in [2.45, 2.75) is 94.2 Å². The van der Waals surface area contributed by atoms with Crippen molar-refractivity contribution in [1.82, 2.24) is 20.8 Å². The number of hydrogen-bond acceptors (Lipinski definition) is 7. The molecule has 1 aromatic heterocycles. The number of amides is 2. The van der Waals surface area contributed by atoms with Crippen LogP contribution in [0, 0.1) is 0 Å². The monoisotopic (exact) mass is 486 g/mol. The minimum absolute atomic E-state index is 0.101. The van der Waals surface area contributed by atoms with Crippen LogP contribution in [0.4, 0.5) is 0 Å². The van der Waals surface area contributed by atoms with E-state index in [1.54, 1.807) is 24.3 Å². The van der Waals surface area contributed by atoms with Gasteiger partial charge in [-0.2, -0.15) is 0 Å². The summed E-state index contributed by atoms with van der Waals surface area (Å²) in [4.78, 5) is 39.7. The Hall–Kier alpha value is -2.68. The molecular formula is C25H34N4O4S. The van der Waals surface area contributed by atoms with Gasteiger partial charge in [0, 0.05) is 10.8 Å². The fourth-order valence-corrected chi connectivity index (χ4v) is 4.74. The van der Waals surface area contributed by atoms with Crippen LogP contribution in [0.2, 0.25) is 0 Å². The Kier molecular flexibility index (Phi) is 9.27. The fraction of sp³-hybridized carbons (Fsp3) is 0.560. The van der Waals surface area contributed by atoms with Crippen molar-refractivity contribution in [3.05, 3.63) is 41.8 Å². The molecule has 0 aliphatic heterocycles. The normalized spacial score (nSPS) is 16.1. The van der Waals surface area contributed by atoms with Crippen molar-refractivity contribution in [2.24, 2.45) is 0 Å². The Labute approximate surface area is 205 Å². The second kappa shape index (κ2) is 12.1. The highest BCUT2D eigenvalue weighted by atomic mass is 32.2. The van der Waals surface area contributed by atoms with Gasteiger partial charge < -0.3 is 15.1 Å². The Balaban J connectivity index is 1.78. The quantitative estimate of drug-likeness (QED) is 0.353. The van der Waals surface area contributed by atoms with Gasteiger partial charge in [-0.15, -0.1) is 10.2 Å². The Bertz CT molecular complexity index is 970. The molecule has 8 nitrogen and oxygen atoms in total. The maximum Gasteiger partial charge on any atom is 0.286 e. The summed E-state index contributed by atoms with van der Waals surface area (Å²) in [6, 6.07) is 8.07. The average Bonchev–Trinajstić information content (AvgIpc) is 3.30. The van der Waals surface area contributed by atoms with E-state index in [2.05, 4.69) is 20.8 Å². The first-order chi connectivity index (χ1) is 16.3. The van der Waals surface area contributed by atoms with Crippen LogP contribution in [0.3, 0.4) is 0 Å². The maximum atomic E-state index is 13.6. The number of hydrogen-bond donors (Lipinski definition) is 2. The maximum absolute atomic E-state index is 13.6. The Morgan fingerprint density at radius 3 is 2.44 bits per heavy atom. The zero-order valence-electron chi connectivity index (χ0n) is 20.1. The number of ketones is 1. The van der Waals surface area contributed by atoms with Crippen LogP contribution in [0.5, 0.6) is 0 Å². The molecule has 1 fully saturated rings. The van der Waals surface area contributed by atoms with Gasteiger partial charge in [-0.3, -0.25) is 14.4 Å². The molecule has 184 valence electrons. The van der Waals surface area contributed by atoms with Crippen LogP contribution in [0.25, 0.3) is 0 Å². The third-order valence-corrected chi connectivity index (χ3v) is 6.79. The molecule has 0 spiro atoms. The van der Waals surface area contributed by atoms with Gasteiger partial charge in [0.2, 0.25) is 11.7 Å². The van der Waals surface area contributed by atoms with E-state index < -0.39 is 17.4 Å². The number of carbonyl (C=O) groups is 3. The van der Waals surface area contributed by atoms with Gasteiger partial charge in [0.05, 0.1) is 6.04 Å². The highest BCUT2D eigenvalue weighted by molar-refractivity contribution is 7.99. The largest absolute Gasteiger partial charge is 0.408 e. The molecule has 34 heavy (non-hydrogen) atoms. The molecule has 1 aromatic carbocycles. The lowest BCUT2D eigenvalue weighted by atomic mass is 9.80. The summed E-state index contributed by atoms with van der Waals surface area (Å²) in [5.41, 5.74) is -0.552. The summed E-state index contributed by atoms with van der Waals surface area (Å²) in [6.07, 6.45) is 5.80.